The average Bonchev–Trinajstić information content (AvgIpc) is 2.41. The molecule has 0 aliphatic rings. The lowest BCUT2D eigenvalue weighted by Gasteiger charge is -2.09. The molecule has 0 saturated heterocycles. The van der Waals surface area contributed by atoms with Crippen molar-refractivity contribution in [3.8, 4) is 0 Å². The third-order valence-corrected chi connectivity index (χ3v) is 5.91. The van der Waals surface area contributed by atoms with Crippen LogP contribution in [0.3, 0.4) is 0 Å². The van der Waals surface area contributed by atoms with Crippen LogP contribution in [0.2, 0.25) is 0 Å². The molecule has 2 rings (SSSR count). The number of halogens is 2. The summed E-state index contributed by atoms with van der Waals surface area (Å²) in [4.78, 5) is 0.269. The molecule has 2 aromatic carbocycles. The number of hydrogen-bond acceptors (Lipinski definition) is 2. The molecule has 0 bridgehead atoms. The van der Waals surface area contributed by atoms with Crippen molar-refractivity contribution in [3.63, 3.8) is 0 Å². The van der Waals surface area contributed by atoms with Crippen molar-refractivity contribution in [2.45, 2.75) is 18.4 Å². The standard InChI is InChI=1S/C14H13Br2NO2S/c1-10-8-12(6-7-13(10)15)20(18,19)17-9-11-4-2-3-5-14(11)16/h2-8,17H,9H2,1H3. The number of benzene rings is 2. The van der Waals surface area contributed by atoms with Gasteiger partial charge in [-0.3, -0.25) is 0 Å². The fourth-order valence-electron chi connectivity index (χ4n) is 1.68. The Hall–Kier alpha value is -0.690. The van der Waals surface area contributed by atoms with Gasteiger partial charge in [-0.25, -0.2) is 13.1 Å². The van der Waals surface area contributed by atoms with Gasteiger partial charge in [0.15, 0.2) is 0 Å². The highest BCUT2D eigenvalue weighted by molar-refractivity contribution is 9.10. The van der Waals surface area contributed by atoms with Crippen molar-refractivity contribution < 1.29 is 8.42 Å². The average molecular weight is 419 g/mol. The van der Waals surface area contributed by atoms with Gasteiger partial charge in [-0.1, -0.05) is 50.1 Å². The van der Waals surface area contributed by atoms with Crippen LogP contribution in [-0.4, -0.2) is 8.42 Å². The minimum Gasteiger partial charge on any atom is -0.207 e. The number of sulfonamides is 1. The van der Waals surface area contributed by atoms with Gasteiger partial charge in [0.05, 0.1) is 4.90 Å². The molecule has 0 radical (unpaired) electrons. The minimum atomic E-state index is -3.51. The molecule has 1 N–H and O–H groups in total. The van der Waals surface area contributed by atoms with Crippen LogP contribution in [0.15, 0.2) is 56.3 Å². The minimum absolute atomic E-state index is 0.249. The first-order valence-electron chi connectivity index (χ1n) is 5.89. The van der Waals surface area contributed by atoms with Crippen molar-refractivity contribution in [2.75, 3.05) is 0 Å². The largest absolute Gasteiger partial charge is 0.240 e. The number of hydrogen-bond donors (Lipinski definition) is 1. The van der Waals surface area contributed by atoms with Crippen LogP contribution in [0.25, 0.3) is 0 Å². The molecule has 20 heavy (non-hydrogen) atoms. The first kappa shape index (κ1) is 15.7. The van der Waals surface area contributed by atoms with E-state index in [0.29, 0.717) is 0 Å². The van der Waals surface area contributed by atoms with Gasteiger partial charge in [-0.05, 0) is 42.3 Å². The second kappa shape index (κ2) is 6.39. The zero-order chi connectivity index (χ0) is 14.8. The van der Waals surface area contributed by atoms with E-state index in [4.69, 9.17) is 0 Å². The quantitative estimate of drug-likeness (QED) is 0.815. The predicted molar refractivity (Wildman–Crippen MR) is 87.0 cm³/mol. The summed E-state index contributed by atoms with van der Waals surface area (Å²) in [6.07, 6.45) is 0. The molecule has 0 aliphatic carbocycles. The lowest BCUT2D eigenvalue weighted by molar-refractivity contribution is 0.581. The van der Waals surface area contributed by atoms with Crippen LogP contribution in [0.4, 0.5) is 0 Å². The summed E-state index contributed by atoms with van der Waals surface area (Å²) >= 11 is 6.76. The summed E-state index contributed by atoms with van der Waals surface area (Å²) in [6, 6.07) is 12.5. The lowest BCUT2D eigenvalue weighted by Crippen LogP contribution is -2.23. The summed E-state index contributed by atoms with van der Waals surface area (Å²) in [5.74, 6) is 0. The summed E-state index contributed by atoms with van der Waals surface area (Å²) in [6.45, 7) is 2.11. The van der Waals surface area contributed by atoms with Crippen molar-refractivity contribution in [1.29, 1.82) is 0 Å². The van der Waals surface area contributed by atoms with Crippen LogP contribution < -0.4 is 4.72 Å². The smallest absolute Gasteiger partial charge is 0.207 e. The number of nitrogens with one attached hydrogen (secondary N) is 1. The number of rotatable bonds is 4. The molecule has 0 atom stereocenters. The molecule has 0 amide bonds. The molecule has 0 saturated carbocycles. The third kappa shape index (κ3) is 3.69. The van der Waals surface area contributed by atoms with E-state index in [1.165, 1.54) is 0 Å². The second-order valence-corrected chi connectivity index (χ2v) is 7.80. The van der Waals surface area contributed by atoms with E-state index in [0.717, 1.165) is 20.1 Å². The normalized spacial score (nSPS) is 11.6. The zero-order valence-corrected chi connectivity index (χ0v) is 14.7. The number of aryl methyl sites for hydroxylation is 1. The van der Waals surface area contributed by atoms with Gasteiger partial charge in [0.25, 0.3) is 0 Å². The Kier molecular flexibility index (Phi) is 5.01. The van der Waals surface area contributed by atoms with Crippen molar-refractivity contribution >= 4 is 41.9 Å². The maximum absolute atomic E-state index is 12.2. The van der Waals surface area contributed by atoms with E-state index in [-0.39, 0.29) is 11.4 Å². The SMILES string of the molecule is Cc1cc(S(=O)(=O)NCc2ccccc2Br)ccc1Br. The van der Waals surface area contributed by atoms with Gasteiger partial charge in [-0.15, -0.1) is 0 Å². The van der Waals surface area contributed by atoms with Crippen molar-refractivity contribution in [3.05, 3.63) is 62.5 Å². The fourth-order valence-corrected chi connectivity index (χ4v) is 3.45. The molecule has 0 aliphatic heterocycles. The highest BCUT2D eigenvalue weighted by Crippen LogP contribution is 2.21. The van der Waals surface area contributed by atoms with Crippen LogP contribution in [0.1, 0.15) is 11.1 Å². The van der Waals surface area contributed by atoms with Gasteiger partial charge in [-0.2, -0.15) is 0 Å². The van der Waals surface area contributed by atoms with Gasteiger partial charge in [0.1, 0.15) is 0 Å². The van der Waals surface area contributed by atoms with E-state index in [9.17, 15) is 8.42 Å². The van der Waals surface area contributed by atoms with Crippen LogP contribution in [-0.2, 0) is 16.6 Å². The maximum atomic E-state index is 12.2. The van der Waals surface area contributed by atoms with Crippen LogP contribution in [0, 0.1) is 6.92 Å². The summed E-state index contributed by atoms with van der Waals surface area (Å²) in [5, 5.41) is 0. The Morgan fingerprint density at radius 1 is 1.05 bits per heavy atom. The van der Waals surface area contributed by atoms with Crippen molar-refractivity contribution in [2.24, 2.45) is 0 Å². The Labute approximate surface area is 135 Å². The molecule has 0 spiro atoms. The predicted octanol–water partition coefficient (Wildman–Crippen LogP) is 4.00. The van der Waals surface area contributed by atoms with Gasteiger partial charge in [0.2, 0.25) is 10.0 Å². The molecule has 0 unspecified atom stereocenters. The summed E-state index contributed by atoms with van der Waals surface area (Å²) in [5.41, 5.74) is 1.78. The van der Waals surface area contributed by atoms with E-state index >= 15 is 0 Å². The molecular weight excluding hydrogens is 406 g/mol. The first-order valence-corrected chi connectivity index (χ1v) is 8.96. The van der Waals surface area contributed by atoms with Crippen LogP contribution in [0.5, 0.6) is 0 Å². The molecule has 3 nitrogen and oxygen atoms in total. The zero-order valence-electron chi connectivity index (χ0n) is 10.7. The van der Waals surface area contributed by atoms with E-state index < -0.39 is 10.0 Å². The highest BCUT2D eigenvalue weighted by Gasteiger charge is 2.15. The topological polar surface area (TPSA) is 46.2 Å². The van der Waals surface area contributed by atoms with Gasteiger partial charge >= 0.3 is 0 Å². The fraction of sp³-hybridized carbons (Fsp3) is 0.143. The first-order chi connectivity index (χ1) is 9.40. The second-order valence-electron chi connectivity index (χ2n) is 4.33. The third-order valence-electron chi connectivity index (χ3n) is 2.85. The van der Waals surface area contributed by atoms with E-state index in [1.807, 2.05) is 31.2 Å². The van der Waals surface area contributed by atoms with E-state index in [1.54, 1.807) is 18.2 Å². The molecule has 0 fully saturated rings. The lowest BCUT2D eigenvalue weighted by atomic mass is 10.2. The van der Waals surface area contributed by atoms with Gasteiger partial charge in [0, 0.05) is 15.5 Å². The molecule has 2 aromatic rings. The van der Waals surface area contributed by atoms with Crippen molar-refractivity contribution in [1.82, 2.24) is 4.72 Å². The Balaban J connectivity index is 2.19. The maximum Gasteiger partial charge on any atom is 0.240 e. The Bertz CT molecular complexity index is 730. The molecule has 6 heteroatoms. The molecule has 0 aromatic heterocycles. The Morgan fingerprint density at radius 2 is 1.75 bits per heavy atom. The summed E-state index contributed by atoms with van der Waals surface area (Å²) in [7, 11) is -3.51. The Morgan fingerprint density at radius 3 is 2.40 bits per heavy atom. The van der Waals surface area contributed by atoms with E-state index in [2.05, 4.69) is 36.6 Å². The molecular formula is C14H13Br2NO2S. The molecule has 106 valence electrons. The molecule has 0 heterocycles. The summed E-state index contributed by atoms with van der Waals surface area (Å²) < 4.78 is 28.9. The monoisotopic (exact) mass is 417 g/mol. The van der Waals surface area contributed by atoms with Gasteiger partial charge < -0.3 is 0 Å². The van der Waals surface area contributed by atoms with Crippen LogP contribution >= 0.6 is 31.9 Å². The highest BCUT2D eigenvalue weighted by atomic mass is 79.9.